The Kier molecular flexibility index (Phi) is 3.17. The Morgan fingerprint density at radius 1 is 1.44 bits per heavy atom. The molecule has 3 nitrogen and oxygen atoms in total. The second kappa shape index (κ2) is 4.44. The molecule has 3 N–H and O–H groups in total. The topological polar surface area (TPSA) is 55.5 Å². The number of rotatable bonds is 4. The highest BCUT2D eigenvalue weighted by Crippen LogP contribution is 2.37. The first-order valence-corrected chi connectivity index (χ1v) is 5.71. The fourth-order valence-corrected chi connectivity index (χ4v) is 2.04. The predicted molar refractivity (Wildman–Crippen MR) is 63.4 cm³/mol. The van der Waals surface area contributed by atoms with Crippen LogP contribution in [0.4, 0.5) is 0 Å². The van der Waals surface area contributed by atoms with Crippen LogP contribution in [0.25, 0.3) is 0 Å². The number of hydrogen-bond acceptors (Lipinski definition) is 3. The van der Waals surface area contributed by atoms with Gasteiger partial charge in [-0.05, 0) is 42.9 Å². The normalized spacial score (nSPS) is 19.2. The van der Waals surface area contributed by atoms with E-state index in [-0.39, 0.29) is 6.04 Å². The van der Waals surface area contributed by atoms with Crippen molar-refractivity contribution in [2.75, 3.05) is 7.11 Å². The Labute approximate surface area is 96.2 Å². The first kappa shape index (κ1) is 11.4. The van der Waals surface area contributed by atoms with E-state index in [0.29, 0.717) is 5.92 Å². The molecule has 1 aromatic carbocycles. The van der Waals surface area contributed by atoms with Gasteiger partial charge in [-0.15, -0.1) is 0 Å². The largest absolute Gasteiger partial charge is 0.496 e. The minimum Gasteiger partial charge on any atom is -0.496 e. The quantitative estimate of drug-likeness (QED) is 0.814. The molecule has 88 valence electrons. The molecule has 16 heavy (non-hydrogen) atoms. The van der Waals surface area contributed by atoms with E-state index in [4.69, 9.17) is 10.5 Å². The lowest BCUT2D eigenvalue weighted by Gasteiger charge is -2.19. The lowest BCUT2D eigenvalue weighted by molar-refractivity contribution is 0.122. The minimum absolute atomic E-state index is 0.280. The average molecular weight is 221 g/mol. The van der Waals surface area contributed by atoms with Crippen LogP contribution in [0.1, 0.15) is 30.0 Å². The molecule has 0 aliphatic heterocycles. The van der Waals surface area contributed by atoms with Gasteiger partial charge in [-0.2, -0.15) is 0 Å². The summed E-state index contributed by atoms with van der Waals surface area (Å²) in [4.78, 5) is 0. The van der Waals surface area contributed by atoms with Gasteiger partial charge in [-0.1, -0.05) is 12.1 Å². The summed E-state index contributed by atoms with van der Waals surface area (Å²) in [6.07, 6.45) is 1.79. The predicted octanol–water partition coefficient (Wildman–Crippen LogP) is 1.77. The van der Waals surface area contributed by atoms with Gasteiger partial charge in [-0.3, -0.25) is 0 Å². The van der Waals surface area contributed by atoms with E-state index in [9.17, 15) is 5.11 Å². The van der Waals surface area contributed by atoms with E-state index in [0.717, 1.165) is 29.7 Å². The third-order valence-corrected chi connectivity index (χ3v) is 3.28. The van der Waals surface area contributed by atoms with Crippen molar-refractivity contribution in [2.45, 2.75) is 31.9 Å². The maximum absolute atomic E-state index is 9.97. The van der Waals surface area contributed by atoms with Crippen LogP contribution in [0.2, 0.25) is 0 Å². The summed E-state index contributed by atoms with van der Waals surface area (Å²) in [6.45, 7) is 1.98. The number of aliphatic hydroxyl groups excluding tert-OH is 1. The van der Waals surface area contributed by atoms with Crippen LogP contribution in [0.5, 0.6) is 5.75 Å². The SMILES string of the molecule is COc1ccc([C@@H](N)[C@@H](O)C2CC2)cc1C. The molecule has 1 aliphatic carbocycles. The van der Waals surface area contributed by atoms with Gasteiger partial charge in [0.2, 0.25) is 0 Å². The van der Waals surface area contributed by atoms with Gasteiger partial charge in [-0.25, -0.2) is 0 Å². The van der Waals surface area contributed by atoms with Crippen molar-refractivity contribution in [1.29, 1.82) is 0 Å². The van der Waals surface area contributed by atoms with E-state index in [2.05, 4.69) is 0 Å². The molecule has 0 spiro atoms. The molecular formula is C13H19NO2. The van der Waals surface area contributed by atoms with Crippen LogP contribution >= 0.6 is 0 Å². The Bertz CT molecular complexity index is 374. The van der Waals surface area contributed by atoms with Crippen molar-refractivity contribution in [3.63, 3.8) is 0 Å². The molecule has 1 saturated carbocycles. The number of benzene rings is 1. The Hall–Kier alpha value is -1.06. The summed E-state index contributed by atoms with van der Waals surface area (Å²) >= 11 is 0. The van der Waals surface area contributed by atoms with E-state index in [1.165, 1.54) is 0 Å². The zero-order chi connectivity index (χ0) is 11.7. The highest BCUT2D eigenvalue weighted by molar-refractivity contribution is 5.37. The van der Waals surface area contributed by atoms with E-state index in [1.807, 2.05) is 25.1 Å². The summed E-state index contributed by atoms with van der Waals surface area (Å²) < 4.78 is 5.20. The first-order chi connectivity index (χ1) is 7.63. The van der Waals surface area contributed by atoms with E-state index < -0.39 is 6.10 Å². The van der Waals surface area contributed by atoms with Crippen molar-refractivity contribution in [3.8, 4) is 5.75 Å². The number of ether oxygens (including phenoxy) is 1. The monoisotopic (exact) mass is 221 g/mol. The molecule has 2 rings (SSSR count). The Morgan fingerprint density at radius 2 is 2.12 bits per heavy atom. The number of aliphatic hydroxyl groups is 1. The average Bonchev–Trinajstić information content (AvgIpc) is 3.11. The molecule has 0 radical (unpaired) electrons. The number of methoxy groups -OCH3 is 1. The van der Waals surface area contributed by atoms with Crippen LogP contribution in [0, 0.1) is 12.8 Å². The van der Waals surface area contributed by atoms with Gasteiger partial charge in [0.25, 0.3) is 0 Å². The molecule has 1 aliphatic rings. The molecule has 0 aromatic heterocycles. The summed E-state index contributed by atoms with van der Waals surface area (Å²) in [5.74, 6) is 1.26. The summed E-state index contributed by atoms with van der Waals surface area (Å²) in [6, 6.07) is 5.55. The maximum Gasteiger partial charge on any atom is 0.121 e. The minimum atomic E-state index is -0.409. The molecule has 3 heteroatoms. The van der Waals surface area contributed by atoms with Crippen molar-refractivity contribution < 1.29 is 9.84 Å². The van der Waals surface area contributed by atoms with Gasteiger partial charge in [0, 0.05) is 0 Å². The van der Waals surface area contributed by atoms with Crippen LogP contribution in [0.15, 0.2) is 18.2 Å². The van der Waals surface area contributed by atoms with Gasteiger partial charge in [0.05, 0.1) is 19.3 Å². The van der Waals surface area contributed by atoms with Gasteiger partial charge < -0.3 is 15.6 Å². The molecule has 2 atom stereocenters. The third-order valence-electron chi connectivity index (χ3n) is 3.28. The summed E-state index contributed by atoms with van der Waals surface area (Å²) in [5.41, 5.74) is 8.09. The van der Waals surface area contributed by atoms with Gasteiger partial charge >= 0.3 is 0 Å². The van der Waals surface area contributed by atoms with Gasteiger partial charge in [0.1, 0.15) is 5.75 Å². The molecule has 1 aromatic rings. The fourth-order valence-electron chi connectivity index (χ4n) is 2.04. The zero-order valence-electron chi connectivity index (χ0n) is 9.81. The smallest absolute Gasteiger partial charge is 0.121 e. The molecule has 1 fully saturated rings. The standard InChI is InChI=1S/C13H19NO2/c1-8-7-10(5-6-11(8)16-2)12(14)13(15)9-3-4-9/h5-7,9,12-13,15H,3-4,14H2,1-2H3/t12-,13+/m1/s1. The Morgan fingerprint density at radius 3 is 2.62 bits per heavy atom. The highest BCUT2D eigenvalue weighted by Gasteiger charge is 2.34. The molecule has 0 unspecified atom stereocenters. The molecule has 0 amide bonds. The van der Waals surface area contributed by atoms with Crippen molar-refractivity contribution >= 4 is 0 Å². The third kappa shape index (κ3) is 2.20. The molecule has 0 heterocycles. The van der Waals surface area contributed by atoms with Crippen LogP contribution in [-0.2, 0) is 0 Å². The first-order valence-electron chi connectivity index (χ1n) is 5.71. The van der Waals surface area contributed by atoms with Gasteiger partial charge in [0.15, 0.2) is 0 Å². The van der Waals surface area contributed by atoms with Crippen molar-refractivity contribution in [1.82, 2.24) is 0 Å². The second-order valence-electron chi connectivity index (χ2n) is 4.58. The lowest BCUT2D eigenvalue weighted by Crippen LogP contribution is -2.27. The van der Waals surface area contributed by atoms with E-state index in [1.54, 1.807) is 7.11 Å². The zero-order valence-corrected chi connectivity index (χ0v) is 9.81. The van der Waals surface area contributed by atoms with Crippen LogP contribution in [0.3, 0.4) is 0 Å². The number of nitrogens with two attached hydrogens (primary N) is 1. The fraction of sp³-hybridized carbons (Fsp3) is 0.538. The number of hydrogen-bond donors (Lipinski definition) is 2. The number of aryl methyl sites for hydroxylation is 1. The van der Waals surface area contributed by atoms with Crippen LogP contribution < -0.4 is 10.5 Å². The van der Waals surface area contributed by atoms with Crippen LogP contribution in [-0.4, -0.2) is 18.3 Å². The highest BCUT2D eigenvalue weighted by atomic mass is 16.5. The maximum atomic E-state index is 9.97. The molecule has 0 saturated heterocycles. The molecule has 0 bridgehead atoms. The summed E-state index contributed by atoms with van der Waals surface area (Å²) in [7, 11) is 1.65. The second-order valence-corrected chi connectivity index (χ2v) is 4.58. The molecular weight excluding hydrogens is 202 g/mol. The lowest BCUT2D eigenvalue weighted by atomic mass is 9.97. The Balaban J connectivity index is 2.16. The summed E-state index contributed by atoms with van der Waals surface area (Å²) in [5, 5.41) is 9.97. The van der Waals surface area contributed by atoms with Crippen molar-refractivity contribution in [2.24, 2.45) is 11.7 Å². The van der Waals surface area contributed by atoms with Crippen molar-refractivity contribution in [3.05, 3.63) is 29.3 Å². The van der Waals surface area contributed by atoms with E-state index >= 15 is 0 Å².